The molecule has 0 aliphatic rings. The molecule has 0 saturated carbocycles. The van der Waals surface area contributed by atoms with Crippen LogP contribution in [0, 0.1) is 0 Å². The Morgan fingerprint density at radius 3 is 2.00 bits per heavy atom. The Hall–Kier alpha value is -2.75. The zero-order valence-electron chi connectivity index (χ0n) is 13.7. The highest BCUT2D eigenvalue weighted by atomic mass is 16.2. The molecule has 0 radical (unpaired) electrons. The lowest BCUT2D eigenvalue weighted by Gasteiger charge is -2.15. The van der Waals surface area contributed by atoms with Crippen LogP contribution in [0.25, 0.3) is 0 Å². The van der Waals surface area contributed by atoms with E-state index in [9.17, 15) is 9.59 Å². The lowest BCUT2D eigenvalue weighted by molar-refractivity contribution is -0.127. The standard InChI is InChI=1S/C20H22N2O2/c1-21-20(24)18(14-12-16-8-4-2-5-9-16)22-19(23)15-13-17-10-6-3-7-11-17/h2-11,18H,1,12-15H2,(H,22,23). The van der Waals surface area contributed by atoms with E-state index in [0.717, 1.165) is 11.1 Å². The smallest absolute Gasteiger partial charge is 0.267 e. The fourth-order valence-electron chi connectivity index (χ4n) is 2.49. The summed E-state index contributed by atoms with van der Waals surface area (Å²) in [5.74, 6) is -0.534. The van der Waals surface area contributed by atoms with Gasteiger partial charge in [0, 0.05) is 6.42 Å². The summed E-state index contributed by atoms with van der Waals surface area (Å²) in [6.45, 7) is 3.29. The predicted octanol–water partition coefficient (Wildman–Crippen LogP) is 2.96. The summed E-state index contributed by atoms with van der Waals surface area (Å²) >= 11 is 0. The van der Waals surface area contributed by atoms with Crippen molar-refractivity contribution in [3.8, 4) is 0 Å². The summed E-state index contributed by atoms with van der Waals surface area (Å²) in [6, 6.07) is 19.0. The molecule has 4 nitrogen and oxygen atoms in total. The molecule has 4 heteroatoms. The summed E-state index contributed by atoms with van der Waals surface area (Å²) in [5.41, 5.74) is 2.22. The maximum absolute atomic E-state index is 12.1. The third-order valence-electron chi connectivity index (χ3n) is 3.84. The van der Waals surface area contributed by atoms with Crippen LogP contribution >= 0.6 is 0 Å². The topological polar surface area (TPSA) is 58.5 Å². The van der Waals surface area contributed by atoms with Crippen LogP contribution in [-0.2, 0) is 22.4 Å². The van der Waals surface area contributed by atoms with E-state index in [-0.39, 0.29) is 11.8 Å². The Labute approximate surface area is 142 Å². The van der Waals surface area contributed by atoms with Crippen LogP contribution in [0.1, 0.15) is 24.0 Å². The Bertz CT molecular complexity index is 669. The van der Waals surface area contributed by atoms with Gasteiger partial charge in [-0.05, 0) is 37.1 Å². The predicted molar refractivity (Wildman–Crippen MR) is 96.0 cm³/mol. The highest BCUT2D eigenvalue weighted by Gasteiger charge is 2.19. The van der Waals surface area contributed by atoms with Gasteiger partial charge in [0.2, 0.25) is 5.91 Å². The highest BCUT2D eigenvalue weighted by molar-refractivity contribution is 5.90. The number of nitrogens with one attached hydrogen (secondary N) is 1. The van der Waals surface area contributed by atoms with E-state index in [2.05, 4.69) is 17.0 Å². The second-order valence-corrected chi connectivity index (χ2v) is 5.63. The first kappa shape index (κ1) is 17.6. The van der Waals surface area contributed by atoms with E-state index in [0.29, 0.717) is 25.7 Å². The van der Waals surface area contributed by atoms with Gasteiger partial charge in [-0.2, -0.15) is 0 Å². The molecule has 0 bridgehead atoms. The SMILES string of the molecule is C=NC(=O)C(CCc1ccccc1)NC(=O)CCc1ccccc1. The molecule has 124 valence electrons. The van der Waals surface area contributed by atoms with Gasteiger partial charge in [-0.25, -0.2) is 4.99 Å². The first-order valence-corrected chi connectivity index (χ1v) is 8.07. The Kier molecular flexibility index (Phi) is 6.90. The van der Waals surface area contributed by atoms with Crippen molar-refractivity contribution in [2.45, 2.75) is 31.7 Å². The van der Waals surface area contributed by atoms with Crippen molar-refractivity contribution >= 4 is 18.5 Å². The van der Waals surface area contributed by atoms with E-state index >= 15 is 0 Å². The van der Waals surface area contributed by atoms with Gasteiger partial charge in [0.25, 0.3) is 5.91 Å². The average molecular weight is 322 g/mol. The summed E-state index contributed by atoms with van der Waals surface area (Å²) in [5, 5.41) is 2.79. The molecule has 0 spiro atoms. The molecule has 0 aliphatic carbocycles. The van der Waals surface area contributed by atoms with Crippen LogP contribution in [0.5, 0.6) is 0 Å². The molecule has 24 heavy (non-hydrogen) atoms. The van der Waals surface area contributed by atoms with E-state index in [1.165, 1.54) is 0 Å². The molecule has 0 heterocycles. The summed E-state index contributed by atoms with van der Waals surface area (Å²) < 4.78 is 0. The van der Waals surface area contributed by atoms with E-state index in [1.54, 1.807) is 0 Å². The molecular formula is C20H22N2O2. The number of hydrogen-bond donors (Lipinski definition) is 1. The van der Waals surface area contributed by atoms with Crippen molar-refractivity contribution < 1.29 is 9.59 Å². The van der Waals surface area contributed by atoms with Gasteiger partial charge in [0.05, 0.1) is 0 Å². The summed E-state index contributed by atoms with van der Waals surface area (Å²) in [4.78, 5) is 27.5. The van der Waals surface area contributed by atoms with Gasteiger partial charge in [0.15, 0.2) is 0 Å². The summed E-state index contributed by atoms with van der Waals surface area (Å²) in [6.07, 6.45) is 2.20. The third-order valence-corrected chi connectivity index (χ3v) is 3.84. The zero-order chi connectivity index (χ0) is 17.2. The number of aliphatic imine (C=N–C) groups is 1. The van der Waals surface area contributed by atoms with Crippen LogP contribution in [0.15, 0.2) is 65.7 Å². The number of nitrogens with zero attached hydrogens (tertiary/aromatic N) is 1. The first-order valence-electron chi connectivity index (χ1n) is 8.07. The second-order valence-electron chi connectivity index (χ2n) is 5.63. The highest BCUT2D eigenvalue weighted by Crippen LogP contribution is 2.07. The normalized spacial score (nSPS) is 11.5. The van der Waals surface area contributed by atoms with Crippen LogP contribution in [0.4, 0.5) is 0 Å². The van der Waals surface area contributed by atoms with Crippen molar-refractivity contribution in [3.63, 3.8) is 0 Å². The zero-order valence-corrected chi connectivity index (χ0v) is 13.7. The Balaban J connectivity index is 1.87. The number of aryl methyl sites for hydroxylation is 2. The molecule has 0 aliphatic heterocycles. The van der Waals surface area contributed by atoms with E-state index in [1.807, 2.05) is 60.7 Å². The second kappa shape index (κ2) is 9.40. The molecular weight excluding hydrogens is 300 g/mol. The van der Waals surface area contributed by atoms with Gasteiger partial charge < -0.3 is 5.32 Å². The lowest BCUT2D eigenvalue weighted by Crippen LogP contribution is -2.40. The number of carbonyl (C=O) groups is 2. The van der Waals surface area contributed by atoms with Crippen LogP contribution < -0.4 is 5.32 Å². The number of amides is 2. The maximum atomic E-state index is 12.1. The molecule has 2 aromatic carbocycles. The van der Waals surface area contributed by atoms with Gasteiger partial charge >= 0.3 is 0 Å². The molecule has 1 N–H and O–H groups in total. The minimum absolute atomic E-state index is 0.145. The van der Waals surface area contributed by atoms with Crippen LogP contribution in [0.3, 0.4) is 0 Å². The fourth-order valence-corrected chi connectivity index (χ4v) is 2.49. The van der Waals surface area contributed by atoms with Crippen molar-refractivity contribution in [1.82, 2.24) is 5.32 Å². The molecule has 1 atom stereocenters. The monoisotopic (exact) mass is 322 g/mol. The molecule has 2 aromatic rings. The maximum Gasteiger partial charge on any atom is 0.267 e. The van der Waals surface area contributed by atoms with Crippen molar-refractivity contribution in [1.29, 1.82) is 0 Å². The molecule has 0 fully saturated rings. The van der Waals surface area contributed by atoms with Crippen molar-refractivity contribution in [2.24, 2.45) is 4.99 Å². The van der Waals surface area contributed by atoms with Gasteiger partial charge in [0.1, 0.15) is 6.04 Å². The molecule has 0 aromatic heterocycles. The molecule has 2 amide bonds. The molecule has 0 saturated heterocycles. The minimum atomic E-state index is -0.619. The lowest BCUT2D eigenvalue weighted by atomic mass is 10.0. The van der Waals surface area contributed by atoms with Crippen LogP contribution in [0.2, 0.25) is 0 Å². The van der Waals surface area contributed by atoms with Crippen molar-refractivity contribution in [2.75, 3.05) is 0 Å². The number of hydrogen-bond acceptors (Lipinski definition) is 2. The Morgan fingerprint density at radius 2 is 1.46 bits per heavy atom. The quantitative estimate of drug-likeness (QED) is 0.760. The summed E-state index contributed by atoms with van der Waals surface area (Å²) in [7, 11) is 0. The van der Waals surface area contributed by atoms with Gasteiger partial charge in [-0.1, -0.05) is 60.7 Å². The van der Waals surface area contributed by atoms with Crippen molar-refractivity contribution in [3.05, 3.63) is 71.8 Å². The van der Waals surface area contributed by atoms with Gasteiger partial charge in [-0.3, -0.25) is 9.59 Å². The fraction of sp³-hybridized carbons (Fsp3) is 0.250. The van der Waals surface area contributed by atoms with E-state index in [4.69, 9.17) is 0 Å². The third kappa shape index (κ3) is 5.80. The molecule has 1 unspecified atom stereocenters. The van der Waals surface area contributed by atoms with Crippen LogP contribution in [-0.4, -0.2) is 24.6 Å². The Morgan fingerprint density at radius 1 is 0.917 bits per heavy atom. The number of carbonyl (C=O) groups excluding carboxylic acids is 2. The molecule has 2 rings (SSSR count). The van der Waals surface area contributed by atoms with Gasteiger partial charge in [-0.15, -0.1) is 0 Å². The number of rotatable bonds is 8. The average Bonchev–Trinajstić information content (AvgIpc) is 2.64. The number of benzene rings is 2. The first-order chi connectivity index (χ1) is 11.7. The minimum Gasteiger partial charge on any atom is -0.344 e. The van der Waals surface area contributed by atoms with E-state index < -0.39 is 6.04 Å². The largest absolute Gasteiger partial charge is 0.344 e.